The van der Waals surface area contributed by atoms with Gasteiger partial charge in [0.15, 0.2) is 0 Å². The van der Waals surface area contributed by atoms with Crippen molar-refractivity contribution in [3.05, 3.63) is 21.4 Å². The van der Waals surface area contributed by atoms with Crippen LogP contribution in [0.4, 0.5) is 5.95 Å². The summed E-state index contributed by atoms with van der Waals surface area (Å²) in [6.45, 7) is 0. The smallest absolute Gasteiger partial charge is 0.295 e. The van der Waals surface area contributed by atoms with Gasteiger partial charge in [0, 0.05) is 0 Å². The lowest BCUT2D eigenvalue weighted by Crippen LogP contribution is -2.15. The number of ether oxygens (including phenoxy) is 1. The summed E-state index contributed by atoms with van der Waals surface area (Å²) in [4.78, 5) is 21.6. The first-order valence-electron chi connectivity index (χ1n) is 4.13. The summed E-state index contributed by atoms with van der Waals surface area (Å²) < 4.78 is 6.54. The number of nitrogen functional groups attached to an aromatic ring is 1. The van der Waals surface area contributed by atoms with E-state index < -0.39 is 5.56 Å². The van der Waals surface area contributed by atoms with E-state index in [1.54, 1.807) is 0 Å². The zero-order valence-electron chi connectivity index (χ0n) is 8.14. The van der Waals surface area contributed by atoms with Crippen molar-refractivity contribution in [2.75, 3.05) is 12.8 Å². The Balaban J connectivity index is 2.69. The first-order chi connectivity index (χ1) is 7.63. The lowest BCUT2D eigenvalue weighted by Gasteiger charge is -2.05. The molecular weight excluding hydrogens is 280 g/mol. The molecule has 2 aromatic rings. The highest BCUT2D eigenvalue weighted by atomic mass is 79.9. The number of H-pyrrole nitrogens is 1. The summed E-state index contributed by atoms with van der Waals surface area (Å²) in [6, 6.07) is 0. The summed E-state index contributed by atoms with van der Waals surface area (Å²) >= 11 is 3.14. The van der Waals surface area contributed by atoms with Crippen molar-refractivity contribution < 1.29 is 4.74 Å². The summed E-state index contributed by atoms with van der Waals surface area (Å²) in [5.41, 5.74) is 5.01. The van der Waals surface area contributed by atoms with Crippen LogP contribution >= 0.6 is 15.9 Å². The molecule has 84 valence electrons. The minimum atomic E-state index is -0.409. The Kier molecular flexibility index (Phi) is 2.60. The van der Waals surface area contributed by atoms with E-state index >= 15 is 0 Å². The van der Waals surface area contributed by atoms with Gasteiger partial charge in [-0.05, 0) is 15.9 Å². The first-order valence-corrected chi connectivity index (χ1v) is 4.93. The molecule has 0 aliphatic rings. The Labute approximate surface area is 97.6 Å². The van der Waals surface area contributed by atoms with E-state index in [-0.39, 0.29) is 17.5 Å². The number of nitrogens with one attached hydrogen (secondary N) is 1. The van der Waals surface area contributed by atoms with Gasteiger partial charge in [-0.2, -0.15) is 9.67 Å². The third-order valence-corrected chi connectivity index (χ3v) is 2.29. The van der Waals surface area contributed by atoms with Crippen LogP contribution in [0, 0.1) is 0 Å². The average Bonchev–Trinajstić information content (AvgIpc) is 2.57. The summed E-state index contributed by atoms with van der Waals surface area (Å²) in [6.07, 6.45) is 1.24. The van der Waals surface area contributed by atoms with E-state index in [0.29, 0.717) is 4.73 Å². The van der Waals surface area contributed by atoms with E-state index in [0.717, 1.165) is 0 Å². The monoisotopic (exact) mass is 286 g/mol. The number of anilines is 1. The van der Waals surface area contributed by atoms with Crippen molar-refractivity contribution in [3.63, 3.8) is 0 Å². The Hall–Kier alpha value is -1.90. The number of rotatable bonds is 2. The molecule has 0 amide bonds. The predicted molar refractivity (Wildman–Crippen MR) is 58.4 cm³/mol. The quantitative estimate of drug-likeness (QED) is 0.784. The number of aromatic amines is 1. The molecule has 0 saturated carbocycles. The number of hydrogen-bond donors (Lipinski definition) is 2. The molecule has 0 saturated heterocycles. The van der Waals surface area contributed by atoms with Crippen LogP contribution in [0.5, 0.6) is 5.75 Å². The molecule has 0 spiro atoms. The molecule has 2 rings (SSSR count). The minimum absolute atomic E-state index is 0.0353. The Morgan fingerprint density at radius 2 is 2.38 bits per heavy atom. The lowest BCUT2D eigenvalue weighted by atomic mass is 10.5. The Bertz CT molecular complexity index is 576. The van der Waals surface area contributed by atoms with Gasteiger partial charge in [-0.15, -0.1) is 5.10 Å². The Morgan fingerprint density at radius 1 is 1.62 bits per heavy atom. The molecule has 0 fully saturated rings. The second-order valence-electron chi connectivity index (χ2n) is 2.74. The normalized spacial score (nSPS) is 10.4. The molecule has 0 radical (unpaired) electrons. The van der Waals surface area contributed by atoms with Crippen LogP contribution in [0.1, 0.15) is 0 Å². The fourth-order valence-corrected chi connectivity index (χ4v) is 1.58. The van der Waals surface area contributed by atoms with Gasteiger partial charge in [0.25, 0.3) is 5.56 Å². The fraction of sp³-hybridized carbons (Fsp3) is 0.143. The summed E-state index contributed by atoms with van der Waals surface area (Å²) in [5.74, 6) is 0.312. The van der Waals surface area contributed by atoms with Gasteiger partial charge in [0.1, 0.15) is 0 Å². The predicted octanol–water partition coefficient (Wildman–Crippen LogP) is -0.296. The average molecular weight is 287 g/mol. The van der Waals surface area contributed by atoms with E-state index in [1.807, 2.05) is 0 Å². The SMILES string of the molecule is COc1c(-n2nc(N)nc2Br)nc[nH]c1=O. The second-order valence-corrected chi connectivity index (χ2v) is 3.45. The van der Waals surface area contributed by atoms with Gasteiger partial charge in [-0.1, -0.05) is 0 Å². The highest BCUT2D eigenvalue weighted by molar-refractivity contribution is 9.10. The van der Waals surface area contributed by atoms with E-state index in [2.05, 4.69) is 36.0 Å². The molecule has 8 nitrogen and oxygen atoms in total. The van der Waals surface area contributed by atoms with Gasteiger partial charge in [-0.25, -0.2) is 4.98 Å². The lowest BCUT2D eigenvalue weighted by molar-refractivity contribution is 0.402. The van der Waals surface area contributed by atoms with Crippen molar-refractivity contribution in [1.82, 2.24) is 24.7 Å². The van der Waals surface area contributed by atoms with E-state index in [1.165, 1.54) is 18.1 Å². The van der Waals surface area contributed by atoms with Crippen LogP contribution in [0.2, 0.25) is 0 Å². The van der Waals surface area contributed by atoms with Gasteiger partial charge in [-0.3, -0.25) is 4.79 Å². The minimum Gasteiger partial charge on any atom is -0.488 e. The number of methoxy groups -OCH3 is 1. The number of halogens is 1. The third-order valence-electron chi connectivity index (χ3n) is 1.78. The van der Waals surface area contributed by atoms with Gasteiger partial charge < -0.3 is 15.5 Å². The van der Waals surface area contributed by atoms with E-state index in [9.17, 15) is 4.79 Å². The maximum Gasteiger partial charge on any atom is 0.295 e. The van der Waals surface area contributed by atoms with Crippen molar-refractivity contribution >= 4 is 21.9 Å². The van der Waals surface area contributed by atoms with Crippen LogP contribution < -0.4 is 16.0 Å². The zero-order chi connectivity index (χ0) is 11.7. The maximum atomic E-state index is 11.4. The molecule has 3 N–H and O–H groups in total. The highest BCUT2D eigenvalue weighted by Gasteiger charge is 2.15. The van der Waals surface area contributed by atoms with Crippen molar-refractivity contribution in [2.45, 2.75) is 0 Å². The molecule has 0 bridgehead atoms. The fourth-order valence-electron chi connectivity index (χ4n) is 1.16. The van der Waals surface area contributed by atoms with Crippen molar-refractivity contribution in [1.29, 1.82) is 0 Å². The number of aromatic nitrogens is 5. The van der Waals surface area contributed by atoms with Crippen molar-refractivity contribution in [2.24, 2.45) is 0 Å². The molecular formula is C7H7BrN6O2. The zero-order valence-corrected chi connectivity index (χ0v) is 9.72. The highest BCUT2D eigenvalue weighted by Crippen LogP contribution is 2.18. The van der Waals surface area contributed by atoms with Crippen LogP contribution in [0.25, 0.3) is 5.82 Å². The van der Waals surface area contributed by atoms with Gasteiger partial charge in [0.2, 0.25) is 22.2 Å². The van der Waals surface area contributed by atoms with E-state index in [4.69, 9.17) is 10.5 Å². The molecule has 0 atom stereocenters. The second kappa shape index (κ2) is 3.93. The van der Waals surface area contributed by atoms with Gasteiger partial charge >= 0.3 is 0 Å². The standard InChI is InChI=1S/C7H7BrN6O2/c1-16-3-4(10-2-11-5(3)15)14-6(8)12-7(9)13-14/h2H,1H3,(H2,9,13)(H,10,11,15). The van der Waals surface area contributed by atoms with Gasteiger partial charge in [0.05, 0.1) is 13.4 Å². The molecule has 0 aliphatic heterocycles. The summed E-state index contributed by atoms with van der Waals surface area (Å²) in [5, 5.41) is 3.87. The third kappa shape index (κ3) is 1.65. The number of hydrogen-bond acceptors (Lipinski definition) is 6. The van der Waals surface area contributed by atoms with Crippen LogP contribution in [0.15, 0.2) is 15.9 Å². The maximum absolute atomic E-state index is 11.4. The topological polar surface area (TPSA) is 112 Å². The molecule has 0 aliphatic carbocycles. The molecule has 0 unspecified atom stereocenters. The molecule has 0 aromatic carbocycles. The number of nitrogens with two attached hydrogens (primary N) is 1. The largest absolute Gasteiger partial charge is 0.488 e. The number of nitrogens with zero attached hydrogens (tertiary/aromatic N) is 4. The van der Waals surface area contributed by atoms with Crippen LogP contribution in [-0.2, 0) is 0 Å². The molecule has 2 heterocycles. The first kappa shape index (κ1) is 10.6. The summed E-state index contributed by atoms with van der Waals surface area (Å²) in [7, 11) is 1.37. The van der Waals surface area contributed by atoms with Crippen molar-refractivity contribution in [3.8, 4) is 11.6 Å². The molecule has 9 heteroatoms. The Morgan fingerprint density at radius 3 is 2.94 bits per heavy atom. The molecule has 2 aromatic heterocycles. The van der Waals surface area contributed by atoms with Crippen LogP contribution in [0.3, 0.4) is 0 Å². The van der Waals surface area contributed by atoms with Crippen LogP contribution in [-0.4, -0.2) is 31.8 Å². The molecule has 16 heavy (non-hydrogen) atoms.